The standard InChI is InChI=1S/C16H23N6O2/c1-7-8-22-14-17-12-11(13(23)20(6)15(24)19(12)5)21(14)9-10(18-22)16(2,3)4/h7,11H,1,8-9H2,2-6H3/q+1. The molecule has 0 saturated carbocycles. The van der Waals surface area contributed by atoms with E-state index in [-0.39, 0.29) is 17.4 Å². The van der Waals surface area contributed by atoms with Crippen LogP contribution < -0.4 is 0 Å². The lowest BCUT2D eigenvalue weighted by atomic mass is 9.89. The van der Waals surface area contributed by atoms with Gasteiger partial charge in [-0.25, -0.2) is 9.37 Å². The van der Waals surface area contributed by atoms with Crippen molar-refractivity contribution in [3.8, 4) is 0 Å². The third kappa shape index (κ3) is 2.24. The number of imide groups is 1. The van der Waals surface area contributed by atoms with E-state index in [0.717, 1.165) is 10.6 Å². The molecular weight excluding hydrogens is 308 g/mol. The van der Waals surface area contributed by atoms with Crippen LogP contribution >= 0.6 is 0 Å². The Morgan fingerprint density at radius 1 is 1.29 bits per heavy atom. The second-order valence-electron chi connectivity index (χ2n) is 7.21. The topological polar surface area (TPSA) is 71.6 Å². The van der Waals surface area contributed by atoms with Gasteiger partial charge in [-0.3, -0.25) is 14.6 Å². The third-order valence-corrected chi connectivity index (χ3v) is 4.47. The molecule has 1 atom stereocenters. The van der Waals surface area contributed by atoms with Gasteiger partial charge < -0.3 is 0 Å². The first-order valence-corrected chi connectivity index (χ1v) is 7.90. The maximum atomic E-state index is 12.7. The monoisotopic (exact) mass is 331 g/mol. The Morgan fingerprint density at radius 2 is 1.96 bits per heavy atom. The summed E-state index contributed by atoms with van der Waals surface area (Å²) in [5.41, 5.74) is 0.818. The van der Waals surface area contributed by atoms with Gasteiger partial charge in [0.05, 0.1) is 5.71 Å². The van der Waals surface area contributed by atoms with Gasteiger partial charge in [0, 0.05) is 19.5 Å². The van der Waals surface area contributed by atoms with E-state index in [9.17, 15) is 9.59 Å². The number of rotatable bonds is 2. The first-order valence-electron chi connectivity index (χ1n) is 7.90. The molecule has 3 amide bonds. The molecule has 3 aliphatic rings. The normalized spacial score (nSPS) is 24.0. The largest absolute Gasteiger partial charge is 0.417 e. The van der Waals surface area contributed by atoms with E-state index < -0.39 is 6.04 Å². The average Bonchev–Trinajstić information content (AvgIpc) is 2.90. The number of carbonyl (C=O) groups is 2. The molecule has 0 aliphatic carbocycles. The number of amidine groups is 1. The number of amides is 3. The van der Waals surface area contributed by atoms with E-state index in [1.165, 1.54) is 11.9 Å². The summed E-state index contributed by atoms with van der Waals surface area (Å²) in [5.74, 6) is 0.782. The predicted octanol–water partition coefficient (Wildman–Crippen LogP) is 0.563. The highest BCUT2D eigenvalue weighted by atomic mass is 16.2. The van der Waals surface area contributed by atoms with Crippen LogP contribution in [-0.2, 0) is 4.79 Å². The van der Waals surface area contributed by atoms with Gasteiger partial charge in [0.25, 0.3) is 5.91 Å². The lowest BCUT2D eigenvalue weighted by molar-refractivity contribution is -0.528. The van der Waals surface area contributed by atoms with Crippen molar-refractivity contribution in [2.24, 2.45) is 15.5 Å². The van der Waals surface area contributed by atoms with Crippen molar-refractivity contribution < 1.29 is 14.2 Å². The van der Waals surface area contributed by atoms with Gasteiger partial charge >= 0.3 is 12.0 Å². The van der Waals surface area contributed by atoms with E-state index >= 15 is 0 Å². The number of likely N-dealkylation sites (N-methyl/N-ethyl adjacent to an activating group) is 2. The Hall–Kier alpha value is -2.51. The third-order valence-electron chi connectivity index (χ3n) is 4.47. The average molecular weight is 331 g/mol. The van der Waals surface area contributed by atoms with Crippen LogP contribution in [0.1, 0.15) is 20.8 Å². The summed E-state index contributed by atoms with van der Waals surface area (Å²) in [6.07, 6.45) is 1.74. The van der Waals surface area contributed by atoms with Crippen molar-refractivity contribution in [1.29, 1.82) is 0 Å². The number of urea groups is 1. The van der Waals surface area contributed by atoms with E-state index in [2.05, 4.69) is 32.3 Å². The van der Waals surface area contributed by atoms with Gasteiger partial charge in [-0.05, 0) is 0 Å². The molecule has 3 rings (SSSR count). The van der Waals surface area contributed by atoms with Crippen LogP contribution in [0.5, 0.6) is 0 Å². The molecule has 24 heavy (non-hydrogen) atoms. The molecule has 0 aromatic heterocycles. The van der Waals surface area contributed by atoms with Gasteiger partial charge in [0.2, 0.25) is 11.9 Å². The van der Waals surface area contributed by atoms with E-state index in [4.69, 9.17) is 5.10 Å². The summed E-state index contributed by atoms with van der Waals surface area (Å²) in [5, 5.41) is 6.44. The number of carbonyl (C=O) groups excluding carboxylic acids is 2. The molecule has 0 N–H and O–H groups in total. The number of hydrogen-bond donors (Lipinski definition) is 0. The summed E-state index contributed by atoms with van der Waals surface area (Å²) in [7, 11) is 3.14. The zero-order valence-corrected chi connectivity index (χ0v) is 14.8. The summed E-state index contributed by atoms with van der Waals surface area (Å²) >= 11 is 0. The number of hydrogen-bond acceptors (Lipinski definition) is 5. The zero-order valence-electron chi connectivity index (χ0n) is 14.8. The van der Waals surface area contributed by atoms with Crippen molar-refractivity contribution in [3.63, 3.8) is 0 Å². The van der Waals surface area contributed by atoms with Gasteiger partial charge in [0.1, 0.15) is 13.1 Å². The van der Waals surface area contributed by atoms with Gasteiger partial charge in [-0.2, -0.15) is 0 Å². The van der Waals surface area contributed by atoms with Crippen molar-refractivity contribution in [2.75, 3.05) is 27.2 Å². The summed E-state index contributed by atoms with van der Waals surface area (Å²) in [6, 6.07) is -0.962. The van der Waals surface area contributed by atoms with Crippen LogP contribution in [0.2, 0.25) is 0 Å². The minimum Gasteiger partial charge on any atom is -0.270 e. The zero-order chi connectivity index (χ0) is 17.8. The Kier molecular flexibility index (Phi) is 3.58. The molecule has 8 heteroatoms. The van der Waals surface area contributed by atoms with Crippen LogP contribution in [0, 0.1) is 5.41 Å². The minimum absolute atomic E-state index is 0.140. The Balaban J connectivity index is 2.07. The number of guanidine groups is 1. The number of aliphatic imine (C=N–C) groups is 1. The second kappa shape index (κ2) is 5.25. The molecule has 1 unspecified atom stereocenters. The number of nitrogens with zero attached hydrogens (tertiary/aromatic N) is 6. The second-order valence-corrected chi connectivity index (χ2v) is 7.21. The molecule has 1 saturated heterocycles. The molecule has 0 spiro atoms. The smallest absolute Gasteiger partial charge is 0.270 e. The first kappa shape index (κ1) is 16.4. The maximum Gasteiger partial charge on any atom is 0.417 e. The lowest BCUT2D eigenvalue weighted by Crippen LogP contribution is -2.62. The predicted molar refractivity (Wildman–Crippen MR) is 91.1 cm³/mol. The summed E-state index contributed by atoms with van der Waals surface area (Å²) < 4.78 is 1.92. The highest BCUT2D eigenvalue weighted by Gasteiger charge is 2.54. The lowest BCUT2D eigenvalue weighted by Gasteiger charge is -2.33. The molecular formula is C16H23N6O2+. The van der Waals surface area contributed by atoms with E-state index in [1.807, 2.05) is 4.58 Å². The molecule has 3 heterocycles. The molecule has 0 bridgehead atoms. The molecule has 128 valence electrons. The quantitative estimate of drug-likeness (QED) is 0.548. The fourth-order valence-corrected chi connectivity index (χ4v) is 2.97. The molecule has 8 nitrogen and oxygen atoms in total. The minimum atomic E-state index is -0.590. The van der Waals surface area contributed by atoms with Crippen molar-refractivity contribution in [1.82, 2.24) is 14.8 Å². The molecule has 3 aliphatic heterocycles. The van der Waals surface area contributed by atoms with Crippen molar-refractivity contribution >= 4 is 29.4 Å². The van der Waals surface area contributed by atoms with Gasteiger partial charge in [-0.1, -0.05) is 38.4 Å². The van der Waals surface area contributed by atoms with Crippen LogP contribution in [0.3, 0.4) is 0 Å². The first-order chi connectivity index (χ1) is 11.2. The fourth-order valence-electron chi connectivity index (χ4n) is 2.97. The fraction of sp³-hybridized carbons (Fsp3) is 0.562. The number of hydrazone groups is 1. The highest BCUT2D eigenvalue weighted by molar-refractivity contribution is 6.23. The molecule has 0 radical (unpaired) electrons. The highest BCUT2D eigenvalue weighted by Crippen LogP contribution is 2.26. The van der Waals surface area contributed by atoms with Gasteiger partial charge in [0.15, 0.2) is 0 Å². The number of fused-ring (bicyclic) bond motifs is 2. The summed E-state index contributed by atoms with van der Waals surface area (Å²) in [6.45, 7) is 11.0. The van der Waals surface area contributed by atoms with Crippen molar-refractivity contribution in [2.45, 2.75) is 26.8 Å². The van der Waals surface area contributed by atoms with E-state index in [1.54, 1.807) is 18.1 Å². The molecule has 0 aromatic rings. The van der Waals surface area contributed by atoms with Crippen LogP contribution in [0.4, 0.5) is 4.79 Å². The van der Waals surface area contributed by atoms with Crippen LogP contribution in [-0.4, -0.2) is 82.1 Å². The van der Waals surface area contributed by atoms with Crippen LogP contribution in [0.15, 0.2) is 22.7 Å². The molecule has 0 aromatic carbocycles. The Morgan fingerprint density at radius 3 is 2.54 bits per heavy atom. The SMILES string of the molecule is C=CCN1N=C(C(C)(C)C)C[N+]2=C1N=C1C2C(=O)N(C)C(=O)N1C. The van der Waals surface area contributed by atoms with E-state index in [0.29, 0.717) is 24.9 Å². The Labute approximate surface area is 141 Å². The Bertz CT molecular complexity index is 727. The molecule has 1 fully saturated rings. The van der Waals surface area contributed by atoms with Crippen molar-refractivity contribution in [3.05, 3.63) is 12.7 Å². The maximum absolute atomic E-state index is 12.7. The van der Waals surface area contributed by atoms with Gasteiger partial charge in [-0.15, -0.1) is 10.1 Å². The van der Waals surface area contributed by atoms with Crippen LogP contribution in [0.25, 0.3) is 0 Å². The summed E-state index contributed by atoms with van der Waals surface area (Å²) in [4.78, 5) is 32.0.